The lowest BCUT2D eigenvalue weighted by atomic mass is 9.93. The number of carbonyl (C=O) groups excluding carboxylic acids is 2. The number of allylic oxidation sites excluding steroid dienone is 2. The van der Waals surface area contributed by atoms with Crippen molar-refractivity contribution in [2.45, 2.75) is 40.0 Å². The van der Waals surface area contributed by atoms with Gasteiger partial charge in [-0.25, -0.2) is 0 Å². The molecule has 0 fully saturated rings. The molecule has 2 rings (SSSR count). The molecule has 0 aliphatic heterocycles. The molecule has 1 atom stereocenters. The highest BCUT2D eigenvalue weighted by Crippen LogP contribution is 2.49. The largest absolute Gasteiger partial charge is 0.497 e. The van der Waals surface area contributed by atoms with Crippen molar-refractivity contribution in [1.29, 1.82) is 0 Å². The predicted octanol–water partition coefficient (Wildman–Crippen LogP) is 3.73. The lowest BCUT2D eigenvalue weighted by molar-refractivity contribution is -0.161. The van der Waals surface area contributed by atoms with Crippen molar-refractivity contribution in [3.63, 3.8) is 0 Å². The molecular weight excluding hydrogens is 348 g/mol. The van der Waals surface area contributed by atoms with E-state index in [4.69, 9.17) is 18.9 Å². The Morgan fingerprint density at radius 3 is 2.11 bits per heavy atom. The number of methoxy groups -OCH3 is 2. The first-order chi connectivity index (χ1) is 12.9. The second-order valence-corrected chi connectivity index (χ2v) is 6.43. The van der Waals surface area contributed by atoms with Crippen molar-refractivity contribution in [2.24, 2.45) is 5.92 Å². The molecule has 0 amide bonds. The van der Waals surface area contributed by atoms with Gasteiger partial charge >= 0.3 is 11.9 Å². The molecule has 0 N–H and O–H groups in total. The average Bonchev–Trinajstić information content (AvgIpc) is 2.89. The summed E-state index contributed by atoms with van der Waals surface area (Å²) in [6.07, 6.45) is 0.219. The highest BCUT2D eigenvalue weighted by atomic mass is 16.6. The fraction of sp³-hybridized carbons (Fsp3) is 0.524. The maximum Gasteiger partial charge on any atom is 0.320 e. The van der Waals surface area contributed by atoms with E-state index in [0.717, 1.165) is 28.0 Å². The standard InChI is InChI=1S/C21H28O6/c1-7-26-20(22)17(21(23)27-8-2)11-15-12(3)13(4)19-16(15)9-14(24-5)10-18(19)25-6/h9-10,13,17H,7-8,11H2,1-6H3. The van der Waals surface area contributed by atoms with E-state index in [2.05, 4.69) is 6.92 Å². The van der Waals surface area contributed by atoms with Crippen molar-refractivity contribution in [1.82, 2.24) is 0 Å². The Bertz CT molecular complexity index is 731. The van der Waals surface area contributed by atoms with Crippen LogP contribution in [-0.2, 0) is 19.1 Å². The molecule has 6 nitrogen and oxygen atoms in total. The Balaban J connectivity index is 2.48. The molecule has 0 spiro atoms. The first-order valence-corrected chi connectivity index (χ1v) is 9.18. The number of rotatable bonds is 8. The Hall–Kier alpha value is -2.50. The minimum atomic E-state index is -0.995. The van der Waals surface area contributed by atoms with Crippen molar-refractivity contribution >= 4 is 17.5 Å². The number of esters is 2. The summed E-state index contributed by atoms with van der Waals surface area (Å²) in [5, 5.41) is 0. The van der Waals surface area contributed by atoms with Crippen LogP contribution in [0.4, 0.5) is 0 Å². The van der Waals surface area contributed by atoms with Crippen LogP contribution >= 0.6 is 0 Å². The third kappa shape index (κ3) is 4.10. The quantitative estimate of drug-likeness (QED) is 0.509. The van der Waals surface area contributed by atoms with Gasteiger partial charge in [0.25, 0.3) is 0 Å². The van der Waals surface area contributed by atoms with E-state index in [9.17, 15) is 9.59 Å². The first kappa shape index (κ1) is 20.8. The molecule has 1 unspecified atom stereocenters. The topological polar surface area (TPSA) is 71.1 Å². The fourth-order valence-electron chi connectivity index (χ4n) is 3.50. The number of ether oxygens (including phenoxy) is 4. The van der Waals surface area contributed by atoms with Crippen LogP contribution in [-0.4, -0.2) is 39.4 Å². The maximum atomic E-state index is 12.4. The summed E-state index contributed by atoms with van der Waals surface area (Å²) in [5.74, 6) is -0.616. The molecule has 27 heavy (non-hydrogen) atoms. The molecule has 148 valence electrons. The van der Waals surface area contributed by atoms with Gasteiger partial charge in [0, 0.05) is 17.5 Å². The van der Waals surface area contributed by atoms with Gasteiger partial charge in [0.2, 0.25) is 0 Å². The number of hydrogen-bond donors (Lipinski definition) is 0. The molecule has 0 aromatic heterocycles. The lowest BCUT2D eigenvalue weighted by Gasteiger charge is -2.17. The molecule has 1 aromatic rings. The summed E-state index contributed by atoms with van der Waals surface area (Å²) in [6, 6.07) is 3.77. The molecule has 0 saturated heterocycles. The van der Waals surface area contributed by atoms with Crippen LogP contribution in [0, 0.1) is 5.92 Å². The minimum Gasteiger partial charge on any atom is -0.497 e. The summed E-state index contributed by atoms with van der Waals surface area (Å²) < 4.78 is 21.2. The Morgan fingerprint density at radius 1 is 1.04 bits per heavy atom. The lowest BCUT2D eigenvalue weighted by Crippen LogP contribution is -2.28. The predicted molar refractivity (Wildman–Crippen MR) is 102 cm³/mol. The van der Waals surface area contributed by atoms with Gasteiger partial charge < -0.3 is 18.9 Å². The van der Waals surface area contributed by atoms with E-state index < -0.39 is 17.9 Å². The van der Waals surface area contributed by atoms with Crippen LogP contribution in [0.3, 0.4) is 0 Å². The third-order valence-electron chi connectivity index (χ3n) is 5.01. The Morgan fingerprint density at radius 2 is 1.63 bits per heavy atom. The fourth-order valence-corrected chi connectivity index (χ4v) is 3.50. The molecule has 1 aliphatic carbocycles. The number of fused-ring (bicyclic) bond motifs is 1. The molecule has 0 bridgehead atoms. The van der Waals surface area contributed by atoms with Gasteiger partial charge in [-0.1, -0.05) is 12.5 Å². The second kappa shape index (κ2) is 8.93. The number of hydrogen-bond acceptors (Lipinski definition) is 6. The Labute approximate surface area is 160 Å². The molecule has 1 aromatic carbocycles. The zero-order valence-electron chi connectivity index (χ0n) is 16.9. The Kier molecular flexibility index (Phi) is 6.88. The molecular formula is C21H28O6. The first-order valence-electron chi connectivity index (χ1n) is 9.18. The van der Waals surface area contributed by atoms with Crippen LogP contribution in [0.2, 0.25) is 0 Å². The zero-order chi connectivity index (χ0) is 20.1. The summed E-state index contributed by atoms with van der Waals surface area (Å²) in [4.78, 5) is 24.8. The van der Waals surface area contributed by atoms with Crippen LogP contribution in [0.15, 0.2) is 17.7 Å². The van der Waals surface area contributed by atoms with Gasteiger partial charge in [-0.2, -0.15) is 0 Å². The van der Waals surface area contributed by atoms with E-state index in [-0.39, 0.29) is 25.6 Å². The SMILES string of the molecule is CCOC(=O)C(CC1=C(C)C(C)c2c(OC)cc(OC)cc21)C(=O)OCC. The number of benzene rings is 1. The van der Waals surface area contributed by atoms with Gasteiger partial charge in [-0.05, 0) is 44.4 Å². The zero-order valence-corrected chi connectivity index (χ0v) is 16.9. The smallest absolute Gasteiger partial charge is 0.320 e. The van der Waals surface area contributed by atoms with Gasteiger partial charge in [0.1, 0.15) is 11.5 Å². The molecule has 0 saturated carbocycles. The molecule has 0 heterocycles. The summed E-state index contributed by atoms with van der Waals surface area (Å²) in [5.41, 5.74) is 4.00. The summed E-state index contributed by atoms with van der Waals surface area (Å²) >= 11 is 0. The summed E-state index contributed by atoms with van der Waals surface area (Å²) in [6.45, 7) is 7.95. The van der Waals surface area contributed by atoms with Crippen molar-refractivity contribution in [3.05, 3.63) is 28.8 Å². The number of carbonyl (C=O) groups is 2. The van der Waals surface area contributed by atoms with Gasteiger partial charge in [0.15, 0.2) is 5.92 Å². The average molecular weight is 376 g/mol. The van der Waals surface area contributed by atoms with Crippen molar-refractivity contribution < 1.29 is 28.5 Å². The van der Waals surface area contributed by atoms with Crippen LogP contribution in [0.25, 0.3) is 5.57 Å². The van der Waals surface area contributed by atoms with E-state index in [0.29, 0.717) is 5.75 Å². The second-order valence-electron chi connectivity index (χ2n) is 6.43. The highest BCUT2D eigenvalue weighted by molar-refractivity contribution is 5.97. The highest BCUT2D eigenvalue weighted by Gasteiger charge is 2.36. The molecule has 0 radical (unpaired) electrons. The van der Waals surface area contributed by atoms with Crippen LogP contribution in [0.1, 0.15) is 51.2 Å². The van der Waals surface area contributed by atoms with Crippen molar-refractivity contribution in [2.75, 3.05) is 27.4 Å². The van der Waals surface area contributed by atoms with Crippen LogP contribution < -0.4 is 9.47 Å². The van der Waals surface area contributed by atoms with E-state index >= 15 is 0 Å². The van der Waals surface area contributed by atoms with E-state index in [1.165, 1.54) is 0 Å². The van der Waals surface area contributed by atoms with E-state index in [1.54, 1.807) is 28.1 Å². The third-order valence-corrected chi connectivity index (χ3v) is 5.01. The summed E-state index contributed by atoms with van der Waals surface area (Å²) in [7, 11) is 3.21. The monoisotopic (exact) mass is 376 g/mol. The van der Waals surface area contributed by atoms with E-state index in [1.807, 2.05) is 19.1 Å². The normalized spacial score (nSPS) is 15.6. The van der Waals surface area contributed by atoms with Crippen molar-refractivity contribution in [3.8, 4) is 11.5 Å². The molecule has 6 heteroatoms. The molecule has 1 aliphatic rings. The van der Waals surface area contributed by atoms with Gasteiger partial charge in [-0.3, -0.25) is 9.59 Å². The van der Waals surface area contributed by atoms with Gasteiger partial charge in [-0.15, -0.1) is 0 Å². The minimum absolute atomic E-state index is 0.112. The van der Waals surface area contributed by atoms with Gasteiger partial charge in [0.05, 0.1) is 27.4 Å². The maximum absolute atomic E-state index is 12.4. The van der Waals surface area contributed by atoms with Crippen LogP contribution in [0.5, 0.6) is 11.5 Å².